The summed E-state index contributed by atoms with van der Waals surface area (Å²) >= 11 is 1.52. The summed E-state index contributed by atoms with van der Waals surface area (Å²) in [5, 5.41) is 6.47. The predicted molar refractivity (Wildman–Crippen MR) is 108 cm³/mol. The van der Waals surface area contributed by atoms with Gasteiger partial charge in [-0.15, -0.1) is 0 Å². The monoisotopic (exact) mass is 384 g/mol. The van der Waals surface area contributed by atoms with Crippen molar-refractivity contribution in [2.24, 2.45) is 5.92 Å². The highest BCUT2D eigenvalue weighted by molar-refractivity contribution is 7.20. The minimum absolute atomic E-state index is 0.169. The molecule has 0 saturated heterocycles. The van der Waals surface area contributed by atoms with Gasteiger partial charge in [0.1, 0.15) is 6.04 Å². The fraction of sp³-hybridized carbons (Fsp3) is 0.350. The number of aromatic nitrogens is 2. The van der Waals surface area contributed by atoms with E-state index in [-0.39, 0.29) is 11.8 Å². The van der Waals surface area contributed by atoms with Crippen LogP contribution in [0, 0.1) is 5.92 Å². The van der Waals surface area contributed by atoms with Gasteiger partial charge in [-0.2, -0.15) is 0 Å². The Kier molecular flexibility index (Phi) is 5.91. The van der Waals surface area contributed by atoms with Gasteiger partial charge in [-0.25, -0.2) is 4.98 Å². The zero-order chi connectivity index (χ0) is 19.4. The van der Waals surface area contributed by atoms with E-state index in [4.69, 9.17) is 0 Å². The number of nitrogens with one attached hydrogen (secondary N) is 2. The van der Waals surface area contributed by atoms with E-state index in [0.29, 0.717) is 18.0 Å². The molecule has 0 fully saturated rings. The number of carbonyl (C=O) groups excluding carboxylic acids is 2. The van der Waals surface area contributed by atoms with Gasteiger partial charge >= 0.3 is 0 Å². The first-order valence-electron chi connectivity index (χ1n) is 9.06. The molecule has 6 nitrogen and oxygen atoms in total. The quantitative estimate of drug-likeness (QED) is 0.656. The third kappa shape index (κ3) is 4.74. The van der Waals surface area contributed by atoms with Crippen LogP contribution in [-0.4, -0.2) is 34.0 Å². The summed E-state index contributed by atoms with van der Waals surface area (Å²) in [5.74, 6) is 0.0925. The van der Waals surface area contributed by atoms with Crippen LogP contribution in [0.3, 0.4) is 0 Å². The predicted octanol–water partition coefficient (Wildman–Crippen LogP) is 3.37. The van der Waals surface area contributed by atoms with E-state index in [1.165, 1.54) is 11.3 Å². The van der Waals surface area contributed by atoms with Crippen molar-refractivity contribution in [1.29, 1.82) is 0 Å². The second kappa shape index (κ2) is 8.35. The standard InChI is InChI=1S/C20H24N4O2S/c1-13(2)8-9-21-18(25)14(3)22-19(26)15-6-7-16-17(12-15)27-20(23-16)24-10-4-5-11-24/h4-7,10-14H,8-9H2,1-3H3,(H,21,25)(H,22,26). The third-order valence-electron chi connectivity index (χ3n) is 4.23. The number of thiazole rings is 1. The highest BCUT2D eigenvalue weighted by atomic mass is 32.1. The van der Waals surface area contributed by atoms with E-state index >= 15 is 0 Å². The number of carbonyl (C=O) groups is 2. The zero-order valence-electron chi connectivity index (χ0n) is 15.7. The molecule has 1 atom stereocenters. The maximum absolute atomic E-state index is 12.5. The Morgan fingerprint density at radius 2 is 1.93 bits per heavy atom. The lowest BCUT2D eigenvalue weighted by Gasteiger charge is -2.14. The van der Waals surface area contributed by atoms with Crippen LogP contribution in [0.25, 0.3) is 15.3 Å². The average molecular weight is 385 g/mol. The minimum atomic E-state index is -0.586. The van der Waals surface area contributed by atoms with Gasteiger partial charge in [0.05, 0.1) is 10.2 Å². The van der Waals surface area contributed by atoms with Crippen molar-refractivity contribution in [1.82, 2.24) is 20.2 Å². The first kappa shape index (κ1) is 19.1. The first-order chi connectivity index (χ1) is 12.9. The molecule has 0 aliphatic rings. The smallest absolute Gasteiger partial charge is 0.251 e. The fourth-order valence-electron chi connectivity index (χ4n) is 2.61. The molecule has 3 rings (SSSR count). The molecule has 2 N–H and O–H groups in total. The Hall–Kier alpha value is -2.67. The Labute approximate surface area is 162 Å². The molecule has 2 heterocycles. The van der Waals surface area contributed by atoms with Crippen molar-refractivity contribution in [3.63, 3.8) is 0 Å². The van der Waals surface area contributed by atoms with E-state index in [9.17, 15) is 9.59 Å². The molecule has 2 aromatic heterocycles. The molecule has 3 aromatic rings. The number of amides is 2. The summed E-state index contributed by atoms with van der Waals surface area (Å²) in [6.45, 7) is 6.52. The number of hydrogen-bond acceptors (Lipinski definition) is 4. The molecular weight excluding hydrogens is 360 g/mol. The summed E-state index contributed by atoms with van der Waals surface area (Å²) in [6.07, 6.45) is 4.79. The Morgan fingerprint density at radius 1 is 1.19 bits per heavy atom. The van der Waals surface area contributed by atoms with Crippen LogP contribution in [0.15, 0.2) is 42.7 Å². The topological polar surface area (TPSA) is 76.0 Å². The number of hydrogen-bond donors (Lipinski definition) is 2. The average Bonchev–Trinajstić information content (AvgIpc) is 3.29. The van der Waals surface area contributed by atoms with E-state index in [1.807, 2.05) is 41.2 Å². The van der Waals surface area contributed by atoms with Gasteiger partial charge in [0, 0.05) is 24.5 Å². The normalized spacial score (nSPS) is 12.3. The summed E-state index contributed by atoms with van der Waals surface area (Å²) in [5.41, 5.74) is 1.37. The van der Waals surface area contributed by atoms with Gasteiger partial charge in [0.25, 0.3) is 5.91 Å². The molecule has 1 aromatic carbocycles. The molecule has 0 aliphatic heterocycles. The summed E-state index contributed by atoms with van der Waals surface area (Å²) < 4.78 is 2.87. The van der Waals surface area contributed by atoms with Crippen molar-refractivity contribution >= 4 is 33.4 Å². The molecule has 27 heavy (non-hydrogen) atoms. The van der Waals surface area contributed by atoms with E-state index in [2.05, 4.69) is 29.5 Å². The highest BCUT2D eigenvalue weighted by Gasteiger charge is 2.17. The fourth-order valence-corrected chi connectivity index (χ4v) is 3.58. The first-order valence-corrected chi connectivity index (χ1v) is 9.88. The summed E-state index contributed by atoms with van der Waals surface area (Å²) in [7, 11) is 0. The van der Waals surface area contributed by atoms with Gasteiger partial charge in [-0.1, -0.05) is 25.2 Å². The summed E-state index contributed by atoms with van der Waals surface area (Å²) in [6, 6.07) is 8.69. The van der Waals surface area contributed by atoms with Gasteiger partial charge in [0.2, 0.25) is 5.91 Å². The second-order valence-corrected chi connectivity index (χ2v) is 7.95. The Morgan fingerprint density at radius 3 is 2.63 bits per heavy atom. The van der Waals surface area contributed by atoms with Crippen LogP contribution < -0.4 is 10.6 Å². The van der Waals surface area contributed by atoms with E-state index < -0.39 is 6.04 Å². The number of rotatable bonds is 7. The molecule has 0 spiro atoms. The molecule has 0 saturated carbocycles. The van der Waals surface area contributed by atoms with Crippen LogP contribution in [0.5, 0.6) is 0 Å². The molecule has 7 heteroatoms. The van der Waals surface area contributed by atoms with Crippen LogP contribution in [0.4, 0.5) is 0 Å². The second-order valence-electron chi connectivity index (χ2n) is 6.94. The van der Waals surface area contributed by atoms with Gasteiger partial charge in [-0.3, -0.25) is 9.59 Å². The van der Waals surface area contributed by atoms with Crippen LogP contribution in [0.2, 0.25) is 0 Å². The number of benzene rings is 1. The Balaban J connectivity index is 1.65. The lowest BCUT2D eigenvalue weighted by atomic mass is 10.1. The van der Waals surface area contributed by atoms with E-state index in [1.54, 1.807) is 13.0 Å². The molecule has 2 amide bonds. The van der Waals surface area contributed by atoms with Crippen LogP contribution in [-0.2, 0) is 4.79 Å². The lowest BCUT2D eigenvalue weighted by molar-refractivity contribution is -0.122. The van der Waals surface area contributed by atoms with E-state index in [0.717, 1.165) is 21.8 Å². The molecule has 1 unspecified atom stereocenters. The largest absolute Gasteiger partial charge is 0.354 e. The maximum Gasteiger partial charge on any atom is 0.251 e. The molecule has 0 radical (unpaired) electrons. The number of fused-ring (bicyclic) bond motifs is 1. The minimum Gasteiger partial charge on any atom is -0.354 e. The SMILES string of the molecule is CC(C)CCNC(=O)C(C)NC(=O)c1ccc2nc(-n3cccc3)sc2c1. The lowest BCUT2D eigenvalue weighted by Crippen LogP contribution is -2.45. The molecule has 0 bridgehead atoms. The summed E-state index contributed by atoms with van der Waals surface area (Å²) in [4.78, 5) is 29.2. The third-order valence-corrected chi connectivity index (χ3v) is 5.26. The van der Waals surface area contributed by atoms with Crippen molar-refractivity contribution in [2.45, 2.75) is 33.2 Å². The van der Waals surface area contributed by atoms with Crippen molar-refractivity contribution < 1.29 is 9.59 Å². The maximum atomic E-state index is 12.5. The molecular formula is C20H24N4O2S. The Bertz CT molecular complexity index is 931. The van der Waals surface area contributed by atoms with Crippen molar-refractivity contribution in [3.05, 3.63) is 48.3 Å². The van der Waals surface area contributed by atoms with Gasteiger partial charge < -0.3 is 15.2 Å². The van der Waals surface area contributed by atoms with Gasteiger partial charge in [0.15, 0.2) is 5.13 Å². The van der Waals surface area contributed by atoms with Crippen molar-refractivity contribution in [2.75, 3.05) is 6.54 Å². The molecule has 0 aliphatic carbocycles. The van der Waals surface area contributed by atoms with Crippen LogP contribution >= 0.6 is 11.3 Å². The van der Waals surface area contributed by atoms with Gasteiger partial charge in [-0.05, 0) is 49.6 Å². The highest BCUT2D eigenvalue weighted by Crippen LogP contribution is 2.26. The van der Waals surface area contributed by atoms with Crippen LogP contribution in [0.1, 0.15) is 37.6 Å². The molecule has 142 valence electrons. The van der Waals surface area contributed by atoms with Crippen molar-refractivity contribution in [3.8, 4) is 5.13 Å². The number of nitrogens with zero attached hydrogens (tertiary/aromatic N) is 2. The zero-order valence-corrected chi connectivity index (χ0v) is 16.5.